The lowest BCUT2D eigenvalue weighted by molar-refractivity contribution is -0.143. The Balaban J connectivity index is 1.96. The molecule has 0 aromatic carbocycles. The maximum atomic E-state index is 12.1. The van der Waals surface area contributed by atoms with Crippen molar-refractivity contribution in [3.05, 3.63) is 23.0 Å². The van der Waals surface area contributed by atoms with E-state index in [1.807, 2.05) is 0 Å². The van der Waals surface area contributed by atoms with Crippen LogP contribution in [0.25, 0.3) is 0 Å². The molecule has 0 aliphatic carbocycles. The van der Waals surface area contributed by atoms with Crippen molar-refractivity contribution >= 4 is 14.3 Å². The summed E-state index contributed by atoms with van der Waals surface area (Å²) in [7, 11) is -1.95. The lowest BCUT2D eigenvalue weighted by atomic mass is 9.99. The van der Waals surface area contributed by atoms with Crippen molar-refractivity contribution in [3.8, 4) is 0 Å². The third-order valence-electron chi connectivity index (χ3n) is 4.77. The van der Waals surface area contributed by atoms with Crippen molar-refractivity contribution < 1.29 is 18.7 Å². The second-order valence-corrected chi connectivity index (χ2v) is 12.0. The number of hydrogen-bond donors (Lipinski definition) is 0. The van der Waals surface area contributed by atoms with Crippen LogP contribution in [0.1, 0.15) is 27.2 Å². The van der Waals surface area contributed by atoms with Crippen molar-refractivity contribution in [2.45, 2.75) is 57.5 Å². The summed E-state index contributed by atoms with van der Waals surface area (Å²) >= 11 is 0. The molecule has 0 N–H and O–H groups in total. The van der Waals surface area contributed by atoms with Gasteiger partial charge in [-0.2, -0.15) is 0 Å². The van der Waals surface area contributed by atoms with E-state index in [-0.39, 0.29) is 23.2 Å². The number of rotatable bonds is 2. The Hall–Kier alpha value is -1.07. The summed E-state index contributed by atoms with van der Waals surface area (Å²) in [5, 5.41) is 0.104. The minimum absolute atomic E-state index is 0.0352. The van der Waals surface area contributed by atoms with Crippen LogP contribution in [0.15, 0.2) is 23.0 Å². The van der Waals surface area contributed by atoms with Crippen molar-refractivity contribution in [3.63, 3.8) is 0 Å². The first kappa shape index (κ1) is 13.9. The Morgan fingerprint density at radius 1 is 1.35 bits per heavy atom. The molecule has 4 nitrogen and oxygen atoms in total. The lowest BCUT2D eigenvalue weighted by Crippen LogP contribution is -2.43. The highest BCUT2D eigenvalue weighted by Gasteiger charge is 2.47. The van der Waals surface area contributed by atoms with Gasteiger partial charge in [0.15, 0.2) is 0 Å². The van der Waals surface area contributed by atoms with E-state index in [4.69, 9.17) is 13.9 Å². The molecule has 3 heterocycles. The standard InChI is InChI=1S/C15H22O4Si/c1-15(2,3)20(4,5)19-11-7-10-6-9-8-17-14(16)12(11)13(9)18-10/h6,10,13H,7-8H2,1-5H3. The van der Waals surface area contributed by atoms with Gasteiger partial charge in [-0.05, 0) is 29.8 Å². The van der Waals surface area contributed by atoms with Crippen molar-refractivity contribution in [2.75, 3.05) is 6.61 Å². The highest BCUT2D eigenvalue weighted by atomic mass is 28.4. The summed E-state index contributed by atoms with van der Waals surface area (Å²) < 4.78 is 17.5. The minimum atomic E-state index is -1.95. The molecule has 0 spiro atoms. The SMILES string of the molecule is CC(C)(C)[Si](C)(C)OC1=C2C(=O)OCC3=CC(C1)OC32. The topological polar surface area (TPSA) is 44.8 Å². The van der Waals surface area contributed by atoms with Crippen LogP contribution < -0.4 is 0 Å². The van der Waals surface area contributed by atoms with E-state index in [9.17, 15) is 4.79 Å². The zero-order chi connectivity index (χ0) is 14.7. The average Bonchev–Trinajstić information content (AvgIpc) is 2.65. The second-order valence-electron chi connectivity index (χ2n) is 7.28. The molecule has 0 amide bonds. The highest BCUT2D eigenvalue weighted by Crippen LogP contribution is 2.44. The Morgan fingerprint density at radius 3 is 2.70 bits per heavy atom. The van der Waals surface area contributed by atoms with Gasteiger partial charge in [0, 0.05) is 6.42 Å². The molecule has 5 heteroatoms. The number of carbonyl (C=O) groups is 1. The molecule has 0 aromatic rings. The molecule has 2 unspecified atom stereocenters. The van der Waals surface area contributed by atoms with E-state index in [1.54, 1.807) is 0 Å². The van der Waals surface area contributed by atoms with E-state index < -0.39 is 8.32 Å². The number of ether oxygens (including phenoxy) is 2. The molecule has 110 valence electrons. The van der Waals surface area contributed by atoms with Gasteiger partial charge in [0.25, 0.3) is 0 Å². The molecular weight excluding hydrogens is 272 g/mol. The fourth-order valence-corrected chi connectivity index (χ4v) is 3.67. The Kier molecular flexibility index (Phi) is 2.92. The Labute approximate surface area is 120 Å². The summed E-state index contributed by atoms with van der Waals surface area (Å²) in [6, 6.07) is 0. The zero-order valence-electron chi connectivity index (χ0n) is 12.8. The van der Waals surface area contributed by atoms with E-state index in [0.717, 1.165) is 11.3 Å². The molecule has 1 fully saturated rings. The average molecular weight is 294 g/mol. The number of fused-ring (bicyclic) bond motifs is 1. The molecule has 3 aliphatic rings. The molecule has 3 aliphatic heterocycles. The fourth-order valence-electron chi connectivity index (χ4n) is 2.56. The number of esters is 1. The van der Waals surface area contributed by atoms with Gasteiger partial charge in [-0.15, -0.1) is 0 Å². The molecule has 20 heavy (non-hydrogen) atoms. The van der Waals surface area contributed by atoms with Crippen LogP contribution in [-0.2, 0) is 18.7 Å². The van der Waals surface area contributed by atoms with Gasteiger partial charge in [0.05, 0.1) is 11.9 Å². The van der Waals surface area contributed by atoms with E-state index in [1.165, 1.54) is 0 Å². The molecule has 0 saturated carbocycles. The maximum absolute atomic E-state index is 12.1. The van der Waals surface area contributed by atoms with Gasteiger partial charge in [0.2, 0.25) is 8.32 Å². The van der Waals surface area contributed by atoms with E-state index in [2.05, 4.69) is 39.9 Å². The molecule has 0 radical (unpaired) electrons. The Bertz CT molecular complexity index is 524. The van der Waals surface area contributed by atoms with Crippen LogP contribution >= 0.6 is 0 Å². The van der Waals surface area contributed by atoms with Crippen LogP contribution in [0.2, 0.25) is 18.1 Å². The molecule has 3 rings (SSSR count). The monoisotopic (exact) mass is 294 g/mol. The number of cyclic esters (lactones) is 1. The first-order valence-electron chi connectivity index (χ1n) is 7.14. The van der Waals surface area contributed by atoms with E-state index >= 15 is 0 Å². The van der Waals surface area contributed by atoms with Crippen LogP contribution in [0.5, 0.6) is 0 Å². The predicted octanol–water partition coefficient (Wildman–Crippen LogP) is 2.92. The summed E-state index contributed by atoms with van der Waals surface area (Å²) in [6.07, 6.45) is 2.54. The van der Waals surface area contributed by atoms with Gasteiger partial charge >= 0.3 is 5.97 Å². The van der Waals surface area contributed by atoms with Crippen LogP contribution in [-0.4, -0.2) is 33.1 Å². The zero-order valence-corrected chi connectivity index (χ0v) is 13.8. The quantitative estimate of drug-likeness (QED) is 0.446. The van der Waals surface area contributed by atoms with Crippen molar-refractivity contribution in [1.29, 1.82) is 0 Å². The number of carbonyl (C=O) groups excluding carboxylic acids is 1. The molecular formula is C15H22O4Si. The van der Waals surface area contributed by atoms with Crippen LogP contribution in [0, 0.1) is 0 Å². The fraction of sp³-hybridized carbons (Fsp3) is 0.667. The normalized spacial score (nSPS) is 29.2. The van der Waals surface area contributed by atoms with Gasteiger partial charge in [-0.1, -0.05) is 20.8 Å². The Morgan fingerprint density at radius 2 is 2.05 bits per heavy atom. The van der Waals surface area contributed by atoms with Crippen LogP contribution in [0.3, 0.4) is 0 Å². The third-order valence-corrected chi connectivity index (χ3v) is 9.14. The molecule has 2 atom stereocenters. The summed E-state index contributed by atoms with van der Waals surface area (Å²) in [5.74, 6) is 0.523. The first-order chi connectivity index (χ1) is 9.19. The second kappa shape index (κ2) is 4.21. The summed E-state index contributed by atoms with van der Waals surface area (Å²) in [4.78, 5) is 12.1. The molecule has 1 saturated heterocycles. The van der Waals surface area contributed by atoms with Gasteiger partial charge in [-0.25, -0.2) is 4.79 Å². The van der Waals surface area contributed by atoms with Crippen molar-refractivity contribution in [2.24, 2.45) is 0 Å². The molecule has 2 bridgehead atoms. The van der Waals surface area contributed by atoms with Crippen LogP contribution in [0.4, 0.5) is 0 Å². The lowest BCUT2D eigenvalue weighted by Gasteiger charge is -2.40. The van der Waals surface area contributed by atoms with Crippen molar-refractivity contribution in [1.82, 2.24) is 0 Å². The molecule has 0 aromatic heterocycles. The smallest absolute Gasteiger partial charge is 0.340 e. The van der Waals surface area contributed by atoms with Gasteiger partial charge < -0.3 is 13.9 Å². The van der Waals surface area contributed by atoms with E-state index in [0.29, 0.717) is 18.6 Å². The number of hydrogen-bond acceptors (Lipinski definition) is 4. The summed E-state index contributed by atoms with van der Waals surface area (Å²) in [6.45, 7) is 11.3. The van der Waals surface area contributed by atoms with Gasteiger partial charge in [-0.3, -0.25) is 0 Å². The predicted molar refractivity (Wildman–Crippen MR) is 77.6 cm³/mol. The third kappa shape index (κ3) is 2.04. The summed E-state index contributed by atoms with van der Waals surface area (Å²) in [5.41, 5.74) is 1.67. The van der Waals surface area contributed by atoms with Gasteiger partial charge in [0.1, 0.15) is 18.3 Å². The minimum Gasteiger partial charge on any atom is -0.546 e. The highest BCUT2D eigenvalue weighted by molar-refractivity contribution is 6.74. The maximum Gasteiger partial charge on any atom is 0.340 e. The largest absolute Gasteiger partial charge is 0.546 e. The first-order valence-corrected chi connectivity index (χ1v) is 10.0.